The van der Waals surface area contributed by atoms with E-state index in [1.165, 1.54) is 18.4 Å². The minimum atomic E-state index is -0.453. The highest BCUT2D eigenvalue weighted by Crippen LogP contribution is 2.33. The maximum absolute atomic E-state index is 12.6. The van der Waals surface area contributed by atoms with Crippen LogP contribution in [0.1, 0.15) is 54.3 Å². The van der Waals surface area contributed by atoms with E-state index in [2.05, 4.69) is 6.07 Å². The lowest BCUT2D eigenvalue weighted by Gasteiger charge is -2.22. The topological polar surface area (TPSA) is 71.1 Å². The largest absolute Gasteiger partial charge is 0.496 e. The van der Waals surface area contributed by atoms with Crippen LogP contribution in [-0.2, 0) is 25.4 Å². The number of carbonyl (C=O) groups is 2. The van der Waals surface area contributed by atoms with Crippen molar-refractivity contribution in [3.05, 3.63) is 28.6 Å². The van der Waals surface area contributed by atoms with Crippen molar-refractivity contribution in [2.24, 2.45) is 5.92 Å². The predicted molar refractivity (Wildman–Crippen MR) is 116 cm³/mol. The van der Waals surface area contributed by atoms with Crippen LogP contribution in [0.25, 0.3) is 10.1 Å². The molecule has 2 atom stereocenters. The number of Topliss-reactive ketones (excluding diaryl/α,β-unsaturated/α-hetero) is 1. The van der Waals surface area contributed by atoms with Gasteiger partial charge < -0.3 is 18.9 Å². The zero-order valence-corrected chi connectivity index (χ0v) is 18.7. The number of aryl methyl sites for hydroxylation is 1. The molecule has 2 aromatic rings. The fourth-order valence-electron chi connectivity index (χ4n) is 3.62. The monoisotopic (exact) mass is 434 g/mol. The molecule has 1 aromatic heterocycles. The van der Waals surface area contributed by atoms with Gasteiger partial charge in [0.25, 0.3) is 0 Å². The molecule has 0 aliphatic carbocycles. The first kappa shape index (κ1) is 22.7. The molecule has 6 nitrogen and oxygen atoms in total. The van der Waals surface area contributed by atoms with Crippen molar-refractivity contribution in [1.29, 1.82) is 0 Å². The molecule has 1 aliphatic rings. The molecule has 1 aliphatic heterocycles. The highest BCUT2D eigenvalue weighted by molar-refractivity contribution is 7.20. The molecule has 1 aromatic carbocycles. The van der Waals surface area contributed by atoms with E-state index in [4.69, 9.17) is 18.9 Å². The lowest BCUT2D eigenvalue weighted by atomic mass is 10.0. The average molecular weight is 435 g/mol. The molecule has 0 spiro atoms. The SMILES string of the molecule is COC(=O)C(C)CC(=O)c1cc2cc(CCCOC3CCCCO3)c(OC)cc2s1. The molecule has 2 unspecified atom stereocenters. The van der Waals surface area contributed by atoms with Gasteiger partial charge in [-0.25, -0.2) is 0 Å². The van der Waals surface area contributed by atoms with Gasteiger partial charge in [0.05, 0.1) is 31.6 Å². The van der Waals surface area contributed by atoms with E-state index in [1.54, 1.807) is 14.0 Å². The van der Waals surface area contributed by atoms with Gasteiger partial charge in [-0.15, -0.1) is 11.3 Å². The van der Waals surface area contributed by atoms with Crippen LogP contribution in [0.2, 0.25) is 0 Å². The molecule has 0 saturated carbocycles. The second-order valence-electron chi connectivity index (χ2n) is 7.63. The van der Waals surface area contributed by atoms with Crippen LogP contribution in [0.4, 0.5) is 0 Å². The number of fused-ring (bicyclic) bond motifs is 1. The van der Waals surface area contributed by atoms with Gasteiger partial charge in [-0.05, 0) is 61.3 Å². The summed E-state index contributed by atoms with van der Waals surface area (Å²) in [6, 6.07) is 5.98. The van der Waals surface area contributed by atoms with Crippen molar-refractivity contribution >= 4 is 33.2 Å². The van der Waals surface area contributed by atoms with Gasteiger partial charge in [-0.3, -0.25) is 9.59 Å². The highest BCUT2D eigenvalue weighted by Gasteiger charge is 2.20. The van der Waals surface area contributed by atoms with Crippen molar-refractivity contribution in [1.82, 2.24) is 0 Å². The fourth-order valence-corrected chi connectivity index (χ4v) is 4.64. The molecule has 3 rings (SSSR count). The zero-order chi connectivity index (χ0) is 21.5. The van der Waals surface area contributed by atoms with E-state index in [9.17, 15) is 9.59 Å². The van der Waals surface area contributed by atoms with Crippen molar-refractivity contribution in [3.8, 4) is 5.75 Å². The second kappa shape index (κ2) is 10.9. The van der Waals surface area contributed by atoms with Crippen LogP contribution in [0.15, 0.2) is 18.2 Å². The Morgan fingerprint density at radius 2 is 2.07 bits per heavy atom. The number of rotatable bonds is 10. The van der Waals surface area contributed by atoms with Crippen molar-refractivity contribution in [3.63, 3.8) is 0 Å². The van der Waals surface area contributed by atoms with Gasteiger partial charge in [0.2, 0.25) is 0 Å². The highest BCUT2D eigenvalue weighted by atomic mass is 32.1. The molecule has 30 heavy (non-hydrogen) atoms. The summed E-state index contributed by atoms with van der Waals surface area (Å²) in [5.41, 5.74) is 1.10. The normalized spacial score (nSPS) is 17.6. The number of hydrogen-bond donors (Lipinski definition) is 0. The van der Waals surface area contributed by atoms with Crippen LogP contribution >= 0.6 is 11.3 Å². The summed E-state index contributed by atoms with van der Waals surface area (Å²) in [5, 5.41) is 1.02. The third kappa shape index (κ3) is 5.80. The molecule has 0 N–H and O–H groups in total. The predicted octanol–water partition coefficient (Wildman–Crippen LogP) is 4.77. The Bertz CT molecular complexity index is 868. The van der Waals surface area contributed by atoms with E-state index in [0.717, 1.165) is 60.1 Å². The first-order valence-electron chi connectivity index (χ1n) is 10.5. The summed E-state index contributed by atoms with van der Waals surface area (Å²) >= 11 is 1.43. The molecule has 1 saturated heterocycles. The number of carbonyl (C=O) groups excluding carboxylic acids is 2. The van der Waals surface area contributed by atoms with Crippen LogP contribution in [0.3, 0.4) is 0 Å². The van der Waals surface area contributed by atoms with Gasteiger partial charge in [0.1, 0.15) is 5.75 Å². The van der Waals surface area contributed by atoms with Gasteiger partial charge in [-0.1, -0.05) is 6.92 Å². The molecule has 1 fully saturated rings. The number of methoxy groups -OCH3 is 2. The van der Waals surface area contributed by atoms with Crippen molar-refractivity contribution in [2.45, 2.75) is 51.7 Å². The van der Waals surface area contributed by atoms with E-state index in [0.29, 0.717) is 11.5 Å². The Morgan fingerprint density at radius 1 is 1.23 bits per heavy atom. The maximum atomic E-state index is 12.6. The Morgan fingerprint density at radius 3 is 2.77 bits per heavy atom. The number of hydrogen-bond acceptors (Lipinski definition) is 7. The third-order valence-corrected chi connectivity index (χ3v) is 6.46. The minimum absolute atomic E-state index is 0.0458. The summed E-state index contributed by atoms with van der Waals surface area (Å²) < 4.78 is 22.7. The Kier molecular flexibility index (Phi) is 8.24. The second-order valence-corrected chi connectivity index (χ2v) is 8.72. The number of ether oxygens (including phenoxy) is 4. The Hall–Kier alpha value is -1.96. The lowest BCUT2D eigenvalue weighted by molar-refractivity contribution is -0.162. The van der Waals surface area contributed by atoms with E-state index in [-0.39, 0.29) is 24.5 Å². The van der Waals surface area contributed by atoms with Crippen LogP contribution < -0.4 is 4.74 Å². The summed E-state index contributed by atoms with van der Waals surface area (Å²) in [6.07, 6.45) is 5.01. The van der Waals surface area contributed by atoms with Crippen LogP contribution in [0.5, 0.6) is 5.75 Å². The zero-order valence-electron chi connectivity index (χ0n) is 17.9. The molecule has 7 heteroatoms. The Labute approximate surface area is 181 Å². The summed E-state index contributed by atoms with van der Waals surface area (Å²) in [7, 11) is 3.00. The number of ketones is 1. The first-order valence-corrected chi connectivity index (χ1v) is 11.3. The standard InChI is InChI=1S/C23H30O6S/c1-15(23(25)27-3)11-18(24)21-13-17-12-16(19(26-2)14-20(17)30-21)7-6-10-29-22-8-4-5-9-28-22/h12-15,22H,4-11H2,1-3H3. The Balaban J connectivity index is 1.64. The molecular formula is C23H30O6S. The van der Waals surface area contributed by atoms with Gasteiger partial charge in [0.15, 0.2) is 12.1 Å². The third-order valence-electron chi connectivity index (χ3n) is 5.32. The lowest BCUT2D eigenvalue weighted by Crippen LogP contribution is -2.22. The van der Waals surface area contributed by atoms with E-state index < -0.39 is 5.92 Å². The summed E-state index contributed by atoms with van der Waals surface area (Å²) in [6.45, 7) is 3.13. The summed E-state index contributed by atoms with van der Waals surface area (Å²) in [4.78, 5) is 24.8. The number of esters is 1. The summed E-state index contributed by atoms with van der Waals surface area (Å²) in [5.74, 6) is -0.0455. The maximum Gasteiger partial charge on any atom is 0.308 e. The van der Waals surface area contributed by atoms with E-state index in [1.807, 2.05) is 12.1 Å². The number of thiophene rings is 1. The average Bonchev–Trinajstić information content (AvgIpc) is 3.19. The molecular weight excluding hydrogens is 404 g/mol. The quantitative estimate of drug-likeness (QED) is 0.305. The number of benzene rings is 1. The van der Waals surface area contributed by atoms with Crippen molar-refractivity contribution < 1.29 is 28.5 Å². The molecule has 164 valence electrons. The molecule has 0 amide bonds. The van der Waals surface area contributed by atoms with Crippen molar-refractivity contribution in [2.75, 3.05) is 27.4 Å². The van der Waals surface area contributed by atoms with Gasteiger partial charge >= 0.3 is 5.97 Å². The van der Waals surface area contributed by atoms with Gasteiger partial charge in [0, 0.05) is 17.7 Å². The smallest absolute Gasteiger partial charge is 0.308 e. The minimum Gasteiger partial charge on any atom is -0.496 e. The van der Waals surface area contributed by atoms with Gasteiger partial charge in [-0.2, -0.15) is 0 Å². The molecule has 0 radical (unpaired) electrons. The first-order chi connectivity index (χ1) is 14.5. The van der Waals surface area contributed by atoms with E-state index >= 15 is 0 Å². The molecule has 0 bridgehead atoms. The molecule has 2 heterocycles. The van der Waals surface area contributed by atoms with Crippen LogP contribution in [-0.4, -0.2) is 45.5 Å². The fraction of sp³-hybridized carbons (Fsp3) is 0.565. The van der Waals surface area contributed by atoms with Crippen LogP contribution in [0, 0.1) is 5.92 Å².